The zero-order chi connectivity index (χ0) is 13.9. The monoisotopic (exact) mass is 268 g/mol. The van der Waals surface area contributed by atoms with Crippen LogP contribution >= 0.6 is 0 Å². The molecule has 0 radical (unpaired) electrons. The van der Waals surface area contributed by atoms with E-state index in [0.717, 1.165) is 5.69 Å². The van der Waals surface area contributed by atoms with E-state index >= 15 is 0 Å². The SMILES string of the molecule is Nc1ccc(F)c2c(NCc3ccccn3)nccc12. The molecular weight excluding hydrogens is 255 g/mol. The summed E-state index contributed by atoms with van der Waals surface area (Å²) in [5.74, 6) is 0.128. The summed E-state index contributed by atoms with van der Waals surface area (Å²) in [6.07, 6.45) is 3.32. The van der Waals surface area contributed by atoms with Crippen LogP contribution in [0.4, 0.5) is 15.9 Å². The van der Waals surface area contributed by atoms with Crippen LogP contribution in [0.1, 0.15) is 5.69 Å². The number of nitrogens with zero attached hydrogens (tertiary/aromatic N) is 2. The van der Waals surface area contributed by atoms with Crippen LogP contribution in [0.5, 0.6) is 0 Å². The summed E-state index contributed by atoms with van der Waals surface area (Å²) >= 11 is 0. The minimum absolute atomic E-state index is 0.342. The Kier molecular flexibility index (Phi) is 3.16. The van der Waals surface area contributed by atoms with E-state index in [9.17, 15) is 4.39 Å². The van der Waals surface area contributed by atoms with Crippen LogP contribution in [-0.4, -0.2) is 9.97 Å². The number of hydrogen-bond acceptors (Lipinski definition) is 4. The van der Waals surface area contributed by atoms with E-state index in [-0.39, 0.29) is 5.82 Å². The number of nitrogens with one attached hydrogen (secondary N) is 1. The standard InChI is InChI=1S/C15H13FN4/c16-12-4-5-13(17)11-6-8-19-15(14(11)12)20-9-10-3-1-2-7-18-10/h1-8H,9,17H2,(H,19,20). The molecule has 0 amide bonds. The lowest BCUT2D eigenvalue weighted by Crippen LogP contribution is -2.04. The molecule has 2 heterocycles. The second-order valence-corrected chi connectivity index (χ2v) is 4.39. The van der Waals surface area contributed by atoms with Crippen molar-refractivity contribution in [3.63, 3.8) is 0 Å². The summed E-state index contributed by atoms with van der Waals surface area (Å²) in [6, 6.07) is 10.3. The maximum Gasteiger partial charge on any atom is 0.137 e. The van der Waals surface area contributed by atoms with Crippen LogP contribution in [0.25, 0.3) is 10.8 Å². The molecule has 0 aliphatic heterocycles. The molecular formula is C15H13FN4. The Balaban J connectivity index is 1.98. The molecule has 20 heavy (non-hydrogen) atoms. The molecule has 0 aliphatic rings. The number of anilines is 2. The van der Waals surface area contributed by atoms with Gasteiger partial charge in [0.25, 0.3) is 0 Å². The minimum Gasteiger partial charge on any atom is -0.398 e. The van der Waals surface area contributed by atoms with Crippen molar-refractivity contribution < 1.29 is 4.39 Å². The van der Waals surface area contributed by atoms with Crippen molar-refractivity contribution in [3.8, 4) is 0 Å². The molecule has 0 unspecified atom stereocenters. The first-order valence-electron chi connectivity index (χ1n) is 6.22. The summed E-state index contributed by atoms with van der Waals surface area (Å²) in [5.41, 5.74) is 7.26. The number of nitrogen functional groups attached to an aromatic ring is 1. The molecule has 3 N–H and O–H groups in total. The summed E-state index contributed by atoms with van der Waals surface area (Å²) < 4.78 is 14.0. The minimum atomic E-state index is -0.342. The zero-order valence-electron chi connectivity index (χ0n) is 10.7. The van der Waals surface area contributed by atoms with Gasteiger partial charge < -0.3 is 11.1 Å². The molecule has 0 aliphatic carbocycles. The van der Waals surface area contributed by atoms with E-state index < -0.39 is 0 Å². The van der Waals surface area contributed by atoms with Crippen molar-refractivity contribution in [3.05, 3.63) is 60.3 Å². The van der Waals surface area contributed by atoms with Crippen LogP contribution < -0.4 is 11.1 Å². The smallest absolute Gasteiger partial charge is 0.137 e. The average Bonchev–Trinajstić information content (AvgIpc) is 2.50. The number of nitrogens with two attached hydrogens (primary N) is 1. The van der Waals surface area contributed by atoms with Gasteiger partial charge in [-0.25, -0.2) is 9.37 Å². The first-order valence-corrected chi connectivity index (χ1v) is 6.22. The second-order valence-electron chi connectivity index (χ2n) is 4.39. The summed E-state index contributed by atoms with van der Waals surface area (Å²) in [5, 5.41) is 4.16. The van der Waals surface area contributed by atoms with Crippen LogP contribution in [0.2, 0.25) is 0 Å². The second kappa shape index (κ2) is 5.13. The quantitative estimate of drug-likeness (QED) is 0.717. The third kappa shape index (κ3) is 2.25. The summed E-state index contributed by atoms with van der Waals surface area (Å²) in [4.78, 5) is 8.39. The average molecular weight is 268 g/mol. The molecule has 100 valence electrons. The molecule has 5 heteroatoms. The highest BCUT2D eigenvalue weighted by Gasteiger charge is 2.09. The van der Waals surface area contributed by atoms with Gasteiger partial charge in [0.1, 0.15) is 11.6 Å². The normalized spacial score (nSPS) is 10.7. The highest BCUT2D eigenvalue weighted by Crippen LogP contribution is 2.28. The third-order valence-corrected chi connectivity index (χ3v) is 3.07. The number of rotatable bonds is 3. The summed E-state index contributed by atoms with van der Waals surface area (Å²) in [6.45, 7) is 0.473. The number of fused-ring (bicyclic) bond motifs is 1. The summed E-state index contributed by atoms with van der Waals surface area (Å²) in [7, 11) is 0. The van der Waals surface area contributed by atoms with Crippen LogP contribution in [0, 0.1) is 5.82 Å². The van der Waals surface area contributed by atoms with E-state index in [1.54, 1.807) is 24.5 Å². The third-order valence-electron chi connectivity index (χ3n) is 3.07. The Morgan fingerprint density at radius 2 is 1.95 bits per heavy atom. The molecule has 3 rings (SSSR count). The predicted molar refractivity (Wildman–Crippen MR) is 77.7 cm³/mol. The lowest BCUT2D eigenvalue weighted by atomic mass is 10.1. The number of halogens is 1. The van der Waals surface area contributed by atoms with Crippen molar-refractivity contribution in [1.82, 2.24) is 9.97 Å². The van der Waals surface area contributed by atoms with Gasteiger partial charge in [-0.1, -0.05) is 6.07 Å². The first-order chi connectivity index (χ1) is 9.75. The van der Waals surface area contributed by atoms with Crippen LogP contribution in [0.3, 0.4) is 0 Å². The van der Waals surface area contributed by atoms with Crippen molar-refractivity contribution in [2.24, 2.45) is 0 Å². The highest BCUT2D eigenvalue weighted by molar-refractivity contribution is 5.99. The molecule has 1 aromatic carbocycles. The van der Waals surface area contributed by atoms with E-state index in [1.807, 2.05) is 18.2 Å². The van der Waals surface area contributed by atoms with E-state index in [1.165, 1.54) is 6.07 Å². The Hall–Kier alpha value is -2.69. The van der Waals surface area contributed by atoms with Crippen molar-refractivity contribution in [2.75, 3.05) is 11.1 Å². The van der Waals surface area contributed by atoms with Crippen molar-refractivity contribution >= 4 is 22.3 Å². The van der Waals surface area contributed by atoms with Crippen LogP contribution in [-0.2, 0) is 6.54 Å². The molecule has 0 saturated heterocycles. The van der Waals surface area contributed by atoms with E-state index in [2.05, 4.69) is 15.3 Å². The fourth-order valence-electron chi connectivity index (χ4n) is 2.09. The molecule has 3 aromatic rings. The first kappa shape index (κ1) is 12.3. The predicted octanol–water partition coefficient (Wildman–Crippen LogP) is 2.96. The molecule has 0 spiro atoms. The Labute approximate surface area is 115 Å². The van der Waals surface area contributed by atoms with Gasteiger partial charge in [-0.15, -0.1) is 0 Å². The topological polar surface area (TPSA) is 63.8 Å². The molecule has 2 aromatic heterocycles. The van der Waals surface area contributed by atoms with Crippen molar-refractivity contribution in [1.29, 1.82) is 0 Å². The lowest BCUT2D eigenvalue weighted by Gasteiger charge is -2.10. The molecule has 0 fully saturated rings. The maximum atomic E-state index is 14.0. The van der Waals surface area contributed by atoms with Gasteiger partial charge in [-0.05, 0) is 30.3 Å². The van der Waals surface area contributed by atoms with Gasteiger partial charge >= 0.3 is 0 Å². The zero-order valence-corrected chi connectivity index (χ0v) is 10.7. The van der Waals surface area contributed by atoms with Gasteiger partial charge in [-0.3, -0.25) is 4.98 Å². The number of hydrogen-bond donors (Lipinski definition) is 2. The number of benzene rings is 1. The van der Waals surface area contributed by atoms with E-state index in [0.29, 0.717) is 28.8 Å². The lowest BCUT2D eigenvalue weighted by molar-refractivity contribution is 0.640. The van der Waals surface area contributed by atoms with Gasteiger partial charge in [0.05, 0.1) is 17.6 Å². The highest BCUT2D eigenvalue weighted by atomic mass is 19.1. The Morgan fingerprint density at radius 3 is 2.75 bits per heavy atom. The molecule has 0 saturated carbocycles. The fourth-order valence-corrected chi connectivity index (χ4v) is 2.09. The van der Waals surface area contributed by atoms with Gasteiger partial charge in [-0.2, -0.15) is 0 Å². The van der Waals surface area contributed by atoms with Gasteiger partial charge in [0.15, 0.2) is 0 Å². The van der Waals surface area contributed by atoms with Crippen LogP contribution in [0.15, 0.2) is 48.8 Å². The van der Waals surface area contributed by atoms with Crippen molar-refractivity contribution in [2.45, 2.75) is 6.54 Å². The van der Waals surface area contributed by atoms with Gasteiger partial charge in [0, 0.05) is 23.5 Å². The maximum absolute atomic E-state index is 14.0. The largest absolute Gasteiger partial charge is 0.398 e. The Morgan fingerprint density at radius 1 is 1.05 bits per heavy atom. The van der Waals surface area contributed by atoms with Gasteiger partial charge in [0.2, 0.25) is 0 Å². The van der Waals surface area contributed by atoms with E-state index in [4.69, 9.17) is 5.73 Å². The molecule has 4 nitrogen and oxygen atoms in total. The number of aromatic nitrogens is 2. The number of pyridine rings is 2. The Bertz CT molecular complexity index is 743. The molecule has 0 bridgehead atoms. The fraction of sp³-hybridized carbons (Fsp3) is 0.0667. The molecule has 0 atom stereocenters.